The van der Waals surface area contributed by atoms with Crippen LogP contribution in [-0.4, -0.2) is 109 Å². The number of carbonyl (C=O) groups excluding carboxylic acids is 1. The SMILES string of the molecule is CC(C)CN(C[C@@H](O)[C@H](Cc1ccccc1)NC(=O)O[C@H]1CO[C@H]2OCC[C@H]21)S(=O)(=O)c1ccc2ncn(CCN3CCCC3)c2c1. The number of benzene rings is 2. The number of imidazole rings is 1. The Hall–Kier alpha value is -3.07. The molecule has 5 atom stereocenters. The standard InChI is InChI=1S/C34H47N5O7S/c1-24(2)20-39(47(42,43)26-10-11-28-30(19-26)38(23-35-28)16-15-37-13-6-7-14-37)21-31(40)29(18-25-8-4-3-5-9-25)36-34(41)46-32-22-45-33-27(32)12-17-44-33/h3-5,8-11,19,23-24,27,29,31-33,40H,6-7,12-18,20-22H2,1-2H3,(H,36,41)/t27-,29-,31+,32-,33+/m0/s1. The first-order valence-electron chi connectivity index (χ1n) is 16.8. The molecule has 256 valence electrons. The number of amides is 1. The molecular weight excluding hydrogens is 622 g/mol. The van der Waals surface area contributed by atoms with Crippen LogP contribution in [0.1, 0.15) is 38.7 Å². The number of hydrogen-bond donors (Lipinski definition) is 2. The third kappa shape index (κ3) is 8.15. The van der Waals surface area contributed by atoms with E-state index in [2.05, 4.69) is 15.2 Å². The number of aliphatic hydroxyl groups is 1. The number of carbonyl (C=O) groups is 1. The van der Waals surface area contributed by atoms with Crippen LogP contribution >= 0.6 is 0 Å². The number of likely N-dealkylation sites (tertiary alicyclic amines) is 1. The second-order valence-electron chi connectivity index (χ2n) is 13.3. The second kappa shape index (κ2) is 15.0. The van der Waals surface area contributed by atoms with E-state index in [1.165, 1.54) is 17.1 Å². The molecule has 12 nitrogen and oxygen atoms in total. The quantitative estimate of drug-likeness (QED) is 0.265. The number of rotatable bonds is 14. The van der Waals surface area contributed by atoms with E-state index in [1.807, 2.05) is 48.7 Å². The highest BCUT2D eigenvalue weighted by atomic mass is 32.2. The molecule has 1 aromatic heterocycles. The molecule has 0 unspecified atom stereocenters. The molecule has 2 aromatic carbocycles. The van der Waals surface area contributed by atoms with E-state index in [1.54, 1.807) is 24.5 Å². The maximum atomic E-state index is 14.2. The molecule has 47 heavy (non-hydrogen) atoms. The van der Waals surface area contributed by atoms with E-state index in [9.17, 15) is 18.3 Å². The average Bonchev–Trinajstić information content (AvgIpc) is 3.86. The summed E-state index contributed by atoms with van der Waals surface area (Å²) >= 11 is 0. The minimum Gasteiger partial charge on any atom is -0.443 e. The van der Waals surface area contributed by atoms with Crippen molar-refractivity contribution in [3.8, 4) is 0 Å². The molecule has 1 amide bonds. The Kier molecular flexibility index (Phi) is 10.8. The predicted octanol–water partition coefficient (Wildman–Crippen LogP) is 3.24. The largest absolute Gasteiger partial charge is 0.443 e. The Morgan fingerprint density at radius 2 is 1.89 bits per heavy atom. The number of aliphatic hydroxyl groups excluding tert-OH is 1. The maximum Gasteiger partial charge on any atom is 0.407 e. The Bertz CT molecular complexity index is 1590. The van der Waals surface area contributed by atoms with Crippen LogP contribution in [0.2, 0.25) is 0 Å². The van der Waals surface area contributed by atoms with Crippen LogP contribution in [0.25, 0.3) is 11.0 Å². The number of aromatic nitrogens is 2. The van der Waals surface area contributed by atoms with Gasteiger partial charge in [0.05, 0.1) is 53.5 Å². The minimum atomic E-state index is -4.02. The second-order valence-corrected chi connectivity index (χ2v) is 15.3. The van der Waals surface area contributed by atoms with Gasteiger partial charge in [-0.25, -0.2) is 18.2 Å². The van der Waals surface area contributed by atoms with Crippen LogP contribution in [0.4, 0.5) is 4.79 Å². The smallest absolute Gasteiger partial charge is 0.407 e. The van der Waals surface area contributed by atoms with Gasteiger partial charge < -0.3 is 34.1 Å². The lowest BCUT2D eigenvalue weighted by Crippen LogP contribution is -2.51. The third-order valence-corrected chi connectivity index (χ3v) is 11.2. The Labute approximate surface area is 277 Å². The zero-order valence-corrected chi connectivity index (χ0v) is 28.1. The normalized spacial score (nSPS) is 23.0. The Morgan fingerprint density at radius 3 is 2.66 bits per heavy atom. The van der Waals surface area contributed by atoms with Crippen molar-refractivity contribution < 1.29 is 32.5 Å². The van der Waals surface area contributed by atoms with Crippen molar-refractivity contribution in [2.24, 2.45) is 11.8 Å². The summed E-state index contributed by atoms with van der Waals surface area (Å²) in [7, 11) is -4.02. The summed E-state index contributed by atoms with van der Waals surface area (Å²) in [6.07, 6.45) is 2.48. The van der Waals surface area contributed by atoms with Gasteiger partial charge in [-0.05, 0) is 68.5 Å². The highest BCUT2D eigenvalue weighted by molar-refractivity contribution is 7.89. The fraction of sp³-hybridized carbons (Fsp3) is 0.588. The third-order valence-electron chi connectivity index (χ3n) is 9.36. The van der Waals surface area contributed by atoms with Crippen molar-refractivity contribution >= 4 is 27.1 Å². The average molecular weight is 670 g/mol. The zero-order chi connectivity index (χ0) is 33.0. The summed E-state index contributed by atoms with van der Waals surface area (Å²) in [6.45, 7) is 8.43. The summed E-state index contributed by atoms with van der Waals surface area (Å²) in [6, 6.07) is 13.7. The van der Waals surface area contributed by atoms with Gasteiger partial charge in [-0.3, -0.25) is 0 Å². The fourth-order valence-corrected chi connectivity index (χ4v) is 8.46. The molecule has 0 radical (unpaired) electrons. The fourth-order valence-electron chi connectivity index (χ4n) is 6.82. The van der Waals surface area contributed by atoms with Crippen molar-refractivity contribution in [3.63, 3.8) is 0 Å². The van der Waals surface area contributed by atoms with E-state index >= 15 is 0 Å². The number of nitrogens with zero attached hydrogens (tertiary/aromatic N) is 4. The van der Waals surface area contributed by atoms with Crippen LogP contribution in [-0.2, 0) is 37.2 Å². The minimum absolute atomic E-state index is 0.0128. The van der Waals surface area contributed by atoms with Crippen LogP contribution in [0, 0.1) is 11.8 Å². The summed E-state index contributed by atoms with van der Waals surface area (Å²) in [5, 5.41) is 14.5. The predicted molar refractivity (Wildman–Crippen MR) is 176 cm³/mol. The molecule has 0 bridgehead atoms. The number of sulfonamides is 1. The monoisotopic (exact) mass is 669 g/mol. The van der Waals surface area contributed by atoms with E-state index in [4.69, 9.17) is 14.2 Å². The molecule has 3 aliphatic heterocycles. The molecule has 6 rings (SSSR count). The molecular formula is C34H47N5O7S. The molecule has 3 fully saturated rings. The van der Waals surface area contributed by atoms with Gasteiger partial charge in [0.25, 0.3) is 0 Å². The van der Waals surface area contributed by atoms with Gasteiger partial charge >= 0.3 is 6.09 Å². The Morgan fingerprint density at radius 1 is 1.11 bits per heavy atom. The topological polar surface area (TPSA) is 135 Å². The number of ether oxygens (including phenoxy) is 3. The first kappa shape index (κ1) is 33.8. The molecule has 0 spiro atoms. The number of alkyl carbamates (subject to hydrolysis) is 1. The lowest BCUT2D eigenvalue weighted by Gasteiger charge is -2.31. The molecule has 3 saturated heterocycles. The summed E-state index contributed by atoms with van der Waals surface area (Å²) < 4.78 is 48.7. The van der Waals surface area contributed by atoms with E-state index in [0.717, 1.165) is 49.2 Å². The van der Waals surface area contributed by atoms with Gasteiger partial charge in [-0.2, -0.15) is 4.31 Å². The van der Waals surface area contributed by atoms with Gasteiger partial charge in [0.15, 0.2) is 6.29 Å². The number of fused-ring (bicyclic) bond motifs is 2. The molecule has 0 saturated carbocycles. The molecule has 13 heteroatoms. The highest BCUT2D eigenvalue weighted by Crippen LogP contribution is 2.33. The molecule has 3 aliphatic rings. The van der Waals surface area contributed by atoms with Crippen LogP contribution < -0.4 is 5.32 Å². The maximum absolute atomic E-state index is 14.2. The molecule has 2 N–H and O–H groups in total. The van der Waals surface area contributed by atoms with E-state index in [0.29, 0.717) is 6.61 Å². The van der Waals surface area contributed by atoms with Gasteiger partial charge in [0.1, 0.15) is 6.10 Å². The summed E-state index contributed by atoms with van der Waals surface area (Å²) in [4.78, 5) is 20.2. The van der Waals surface area contributed by atoms with E-state index in [-0.39, 0.29) is 49.1 Å². The Balaban J connectivity index is 1.20. The van der Waals surface area contributed by atoms with Crippen molar-refractivity contribution in [3.05, 3.63) is 60.4 Å². The van der Waals surface area contributed by atoms with Gasteiger partial charge in [-0.15, -0.1) is 0 Å². The van der Waals surface area contributed by atoms with Crippen molar-refractivity contribution in [1.29, 1.82) is 0 Å². The molecule has 3 aromatic rings. The van der Waals surface area contributed by atoms with Crippen LogP contribution in [0.5, 0.6) is 0 Å². The summed E-state index contributed by atoms with van der Waals surface area (Å²) in [5.74, 6) is -0.0417. The van der Waals surface area contributed by atoms with Crippen LogP contribution in [0.3, 0.4) is 0 Å². The van der Waals surface area contributed by atoms with Gasteiger partial charge in [0.2, 0.25) is 10.0 Å². The van der Waals surface area contributed by atoms with Crippen molar-refractivity contribution in [2.45, 2.75) is 75.5 Å². The first-order chi connectivity index (χ1) is 22.7. The van der Waals surface area contributed by atoms with Gasteiger partial charge in [-0.1, -0.05) is 44.2 Å². The van der Waals surface area contributed by atoms with Crippen molar-refractivity contribution in [1.82, 2.24) is 24.1 Å². The lowest BCUT2D eigenvalue weighted by atomic mass is 10.0. The summed E-state index contributed by atoms with van der Waals surface area (Å²) in [5.41, 5.74) is 2.37. The number of nitrogens with one attached hydrogen (secondary N) is 1. The number of hydrogen-bond acceptors (Lipinski definition) is 9. The van der Waals surface area contributed by atoms with Crippen LogP contribution in [0.15, 0.2) is 59.8 Å². The van der Waals surface area contributed by atoms with Crippen molar-refractivity contribution in [2.75, 3.05) is 45.9 Å². The van der Waals surface area contributed by atoms with E-state index < -0.39 is 34.4 Å². The van der Waals surface area contributed by atoms with Gasteiger partial charge in [0, 0.05) is 26.2 Å². The molecule has 4 heterocycles. The first-order valence-corrected chi connectivity index (χ1v) is 18.2. The molecule has 0 aliphatic carbocycles. The zero-order valence-electron chi connectivity index (χ0n) is 27.2. The highest BCUT2D eigenvalue weighted by Gasteiger charge is 2.44. The lowest BCUT2D eigenvalue weighted by molar-refractivity contribution is -0.0907.